The average molecular weight is 447 g/mol. The quantitative estimate of drug-likeness (QED) is 0.630. The van der Waals surface area contributed by atoms with Crippen molar-refractivity contribution < 1.29 is 22.7 Å². The van der Waals surface area contributed by atoms with Gasteiger partial charge in [-0.1, -0.05) is 6.07 Å². The number of hydrogen-bond donors (Lipinski definition) is 1. The smallest absolute Gasteiger partial charge is 0.241 e. The fourth-order valence-electron chi connectivity index (χ4n) is 3.71. The van der Waals surface area contributed by atoms with E-state index in [-0.39, 0.29) is 10.8 Å². The van der Waals surface area contributed by atoms with E-state index in [1.54, 1.807) is 42.2 Å². The van der Waals surface area contributed by atoms with E-state index in [4.69, 9.17) is 9.47 Å². The summed E-state index contributed by atoms with van der Waals surface area (Å²) in [6, 6.07) is 9.82. The van der Waals surface area contributed by atoms with Crippen molar-refractivity contribution in [1.29, 1.82) is 0 Å². The Kier molecular flexibility index (Phi) is 7.23. The molecular weight excluding hydrogens is 416 g/mol. The van der Waals surface area contributed by atoms with Crippen molar-refractivity contribution in [3.05, 3.63) is 47.5 Å². The molecule has 168 valence electrons. The van der Waals surface area contributed by atoms with Crippen LogP contribution in [0.1, 0.15) is 50.8 Å². The minimum absolute atomic E-state index is 0.0751. The number of carbonyl (C=O) groups is 1. The zero-order valence-corrected chi connectivity index (χ0v) is 19.3. The molecule has 1 aliphatic heterocycles. The highest BCUT2D eigenvalue weighted by atomic mass is 32.2. The lowest BCUT2D eigenvalue weighted by atomic mass is 10.1. The molecule has 0 aromatic heterocycles. The van der Waals surface area contributed by atoms with Crippen LogP contribution in [-0.2, 0) is 14.8 Å². The van der Waals surface area contributed by atoms with Crippen LogP contribution in [0.4, 0.5) is 5.69 Å². The minimum atomic E-state index is -3.75. The molecule has 8 heteroatoms. The molecule has 0 bridgehead atoms. The van der Waals surface area contributed by atoms with Crippen LogP contribution < -0.4 is 19.1 Å². The first kappa shape index (κ1) is 23.1. The maximum absolute atomic E-state index is 13.0. The van der Waals surface area contributed by atoms with E-state index >= 15 is 0 Å². The number of carbonyl (C=O) groups excluding carboxylic acids is 1. The number of nitrogens with one attached hydrogen (secondary N) is 1. The molecule has 0 aliphatic carbocycles. The first-order valence-corrected chi connectivity index (χ1v) is 12.1. The fourth-order valence-corrected chi connectivity index (χ4v) is 5.02. The van der Waals surface area contributed by atoms with Gasteiger partial charge >= 0.3 is 0 Å². The van der Waals surface area contributed by atoms with Gasteiger partial charge < -0.3 is 14.4 Å². The van der Waals surface area contributed by atoms with E-state index < -0.39 is 16.1 Å². The Morgan fingerprint density at radius 2 is 1.77 bits per heavy atom. The van der Waals surface area contributed by atoms with Crippen LogP contribution in [0, 0.1) is 6.92 Å². The Morgan fingerprint density at radius 1 is 1.06 bits per heavy atom. The molecule has 0 saturated carbocycles. The Bertz CT molecular complexity index is 1050. The van der Waals surface area contributed by atoms with Crippen LogP contribution in [-0.4, -0.2) is 34.1 Å². The molecule has 31 heavy (non-hydrogen) atoms. The third kappa shape index (κ3) is 5.19. The first-order chi connectivity index (χ1) is 14.8. The van der Waals surface area contributed by atoms with Crippen molar-refractivity contribution in [3.63, 3.8) is 0 Å². The monoisotopic (exact) mass is 446 g/mol. The normalized spacial score (nSPS) is 15.2. The van der Waals surface area contributed by atoms with Crippen LogP contribution in [0.3, 0.4) is 0 Å². The molecule has 1 atom stereocenters. The molecule has 1 saturated heterocycles. The standard InChI is InChI=1S/C23H30N2O5S/c1-5-29-21-12-9-18(15-22(21)30-6-2)17(4)24-31(27,28)19-10-11-20(16(3)14-19)25-13-7-8-23(25)26/h9-12,14-15,17,24H,5-8,13H2,1-4H3/t17-/m1/s1. The second-order valence-electron chi connectivity index (χ2n) is 7.51. The van der Waals surface area contributed by atoms with Crippen molar-refractivity contribution in [2.24, 2.45) is 0 Å². The third-order valence-corrected chi connectivity index (χ3v) is 6.78. The summed E-state index contributed by atoms with van der Waals surface area (Å²) in [4.78, 5) is 13.9. The number of anilines is 1. The summed E-state index contributed by atoms with van der Waals surface area (Å²) in [6.45, 7) is 9.05. The van der Waals surface area contributed by atoms with Crippen LogP contribution >= 0.6 is 0 Å². The molecule has 1 heterocycles. The summed E-state index contributed by atoms with van der Waals surface area (Å²) in [5.74, 6) is 1.29. The van der Waals surface area contributed by atoms with Crippen LogP contribution in [0.5, 0.6) is 11.5 Å². The van der Waals surface area contributed by atoms with Gasteiger partial charge in [0, 0.05) is 24.7 Å². The van der Waals surface area contributed by atoms with Gasteiger partial charge in [0.25, 0.3) is 0 Å². The summed E-state index contributed by atoms with van der Waals surface area (Å²) in [5.41, 5.74) is 2.29. The third-order valence-electron chi connectivity index (χ3n) is 5.24. The number of hydrogen-bond acceptors (Lipinski definition) is 5. The Hall–Kier alpha value is -2.58. The van der Waals surface area contributed by atoms with Gasteiger partial charge in [-0.3, -0.25) is 4.79 Å². The topological polar surface area (TPSA) is 84.9 Å². The molecular formula is C23H30N2O5S. The van der Waals surface area contributed by atoms with Gasteiger partial charge in [-0.2, -0.15) is 0 Å². The van der Waals surface area contributed by atoms with Crippen molar-refractivity contribution in [3.8, 4) is 11.5 Å². The molecule has 1 aliphatic rings. The van der Waals surface area contributed by atoms with E-state index in [9.17, 15) is 13.2 Å². The van der Waals surface area contributed by atoms with E-state index in [0.717, 1.165) is 23.2 Å². The molecule has 2 aromatic carbocycles. The zero-order valence-electron chi connectivity index (χ0n) is 18.5. The SMILES string of the molecule is CCOc1ccc([C@@H](C)NS(=O)(=O)c2ccc(N3CCCC3=O)c(C)c2)cc1OCC. The second-order valence-corrected chi connectivity index (χ2v) is 9.23. The highest BCUT2D eigenvalue weighted by Crippen LogP contribution is 2.32. The van der Waals surface area contributed by atoms with E-state index in [1.807, 2.05) is 26.8 Å². The first-order valence-electron chi connectivity index (χ1n) is 10.6. The Balaban J connectivity index is 1.81. The molecule has 1 fully saturated rings. The highest BCUT2D eigenvalue weighted by molar-refractivity contribution is 7.89. The Labute approximate surface area is 184 Å². The molecule has 7 nitrogen and oxygen atoms in total. The molecule has 2 aromatic rings. The average Bonchev–Trinajstić information content (AvgIpc) is 3.14. The number of ether oxygens (including phenoxy) is 2. The van der Waals surface area contributed by atoms with Gasteiger partial charge in [-0.05, 0) is 75.6 Å². The molecule has 3 rings (SSSR count). The summed E-state index contributed by atoms with van der Waals surface area (Å²) in [6.07, 6.45) is 1.35. The molecule has 0 radical (unpaired) electrons. The lowest BCUT2D eigenvalue weighted by Gasteiger charge is -2.20. The van der Waals surface area contributed by atoms with E-state index in [2.05, 4.69) is 4.72 Å². The molecule has 0 unspecified atom stereocenters. The summed E-state index contributed by atoms with van der Waals surface area (Å²) in [7, 11) is -3.75. The number of nitrogens with zero attached hydrogens (tertiary/aromatic N) is 1. The van der Waals surface area contributed by atoms with Crippen molar-refractivity contribution in [2.45, 2.75) is 51.5 Å². The molecule has 1 N–H and O–H groups in total. The minimum Gasteiger partial charge on any atom is -0.490 e. The van der Waals surface area contributed by atoms with Crippen LogP contribution in [0.2, 0.25) is 0 Å². The lowest BCUT2D eigenvalue weighted by Crippen LogP contribution is -2.28. The maximum atomic E-state index is 13.0. The van der Waals surface area contributed by atoms with Crippen molar-refractivity contribution in [1.82, 2.24) is 4.72 Å². The number of aryl methyl sites for hydroxylation is 1. The predicted molar refractivity (Wildman–Crippen MR) is 120 cm³/mol. The van der Waals surface area contributed by atoms with Gasteiger partial charge in [0.2, 0.25) is 15.9 Å². The van der Waals surface area contributed by atoms with E-state index in [1.165, 1.54) is 0 Å². The summed E-state index contributed by atoms with van der Waals surface area (Å²) < 4.78 is 39.9. The Morgan fingerprint density at radius 3 is 2.39 bits per heavy atom. The second kappa shape index (κ2) is 9.70. The zero-order chi connectivity index (χ0) is 22.6. The molecule has 1 amide bonds. The molecule has 0 spiro atoms. The predicted octanol–water partition coefficient (Wildman–Crippen LogP) is 3.96. The number of sulfonamides is 1. The highest BCUT2D eigenvalue weighted by Gasteiger charge is 2.25. The van der Waals surface area contributed by atoms with Crippen LogP contribution in [0.25, 0.3) is 0 Å². The summed E-state index contributed by atoms with van der Waals surface area (Å²) in [5, 5.41) is 0. The summed E-state index contributed by atoms with van der Waals surface area (Å²) >= 11 is 0. The van der Waals surface area contributed by atoms with Crippen molar-refractivity contribution >= 4 is 21.6 Å². The number of amides is 1. The fraction of sp³-hybridized carbons (Fsp3) is 0.435. The van der Waals surface area contributed by atoms with Crippen LogP contribution in [0.15, 0.2) is 41.3 Å². The largest absolute Gasteiger partial charge is 0.490 e. The van der Waals surface area contributed by atoms with Gasteiger partial charge in [0.1, 0.15) is 0 Å². The van der Waals surface area contributed by atoms with Gasteiger partial charge in [0.05, 0.1) is 18.1 Å². The number of rotatable bonds is 9. The lowest BCUT2D eigenvalue weighted by molar-refractivity contribution is -0.117. The van der Waals surface area contributed by atoms with Gasteiger partial charge in [-0.15, -0.1) is 0 Å². The van der Waals surface area contributed by atoms with Gasteiger partial charge in [0.15, 0.2) is 11.5 Å². The van der Waals surface area contributed by atoms with E-state index in [0.29, 0.717) is 37.7 Å². The van der Waals surface area contributed by atoms with Gasteiger partial charge in [-0.25, -0.2) is 13.1 Å². The maximum Gasteiger partial charge on any atom is 0.241 e. The number of benzene rings is 2. The van der Waals surface area contributed by atoms with Crippen molar-refractivity contribution in [2.75, 3.05) is 24.7 Å².